The normalized spacial score (nSPS) is 29.1. The van der Waals surface area contributed by atoms with Crippen molar-refractivity contribution in [3.63, 3.8) is 0 Å². The van der Waals surface area contributed by atoms with Gasteiger partial charge in [0.15, 0.2) is 0 Å². The van der Waals surface area contributed by atoms with Crippen molar-refractivity contribution in [1.82, 2.24) is 14.7 Å². The summed E-state index contributed by atoms with van der Waals surface area (Å²) < 4.78 is 17.5. The summed E-state index contributed by atoms with van der Waals surface area (Å²) in [5.41, 5.74) is 1.19. The first-order chi connectivity index (χ1) is 19.7. The number of carbonyl (C=O) groups is 3. The average molecular weight is 590 g/mol. The number of cyclic esters (lactones) is 1. The van der Waals surface area contributed by atoms with Gasteiger partial charge in [0, 0.05) is 45.2 Å². The summed E-state index contributed by atoms with van der Waals surface area (Å²) in [7, 11) is 2.04. The van der Waals surface area contributed by atoms with Crippen LogP contribution >= 0.6 is 0 Å². The zero-order valence-electron chi connectivity index (χ0n) is 26.5. The number of nitrogens with zero attached hydrogens (tertiary/aromatic N) is 3. The molecule has 1 fully saturated rings. The van der Waals surface area contributed by atoms with Crippen molar-refractivity contribution in [2.45, 2.75) is 91.1 Å². The number of hydrogen-bond donors (Lipinski definition) is 1. The third kappa shape index (κ3) is 10.5. The monoisotopic (exact) mass is 589 g/mol. The molecule has 3 heterocycles. The zero-order chi connectivity index (χ0) is 31.0. The van der Waals surface area contributed by atoms with Crippen LogP contribution in [0.3, 0.4) is 0 Å². The highest BCUT2D eigenvalue weighted by atomic mass is 16.6. The van der Waals surface area contributed by atoms with Crippen LogP contribution in [0.25, 0.3) is 0 Å². The molecule has 42 heavy (non-hydrogen) atoms. The molecule has 3 aliphatic heterocycles. The molecule has 0 spiro atoms. The van der Waals surface area contributed by atoms with Gasteiger partial charge in [0.25, 0.3) is 0 Å². The van der Waals surface area contributed by atoms with Gasteiger partial charge >= 0.3 is 18.2 Å². The third-order valence-electron chi connectivity index (χ3n) is 7.95. The number of piperazine rings is 1. The van der Waals surface area contributed by atoms with Crippen molar-refractivity contribution >= 4 is 18.2 Å². The molecule has 0 radical (unpaired) electrons. The van der Waals surface area contributed by atoms with Crippen LogP contribution in [0.2, 0.25) is 0 Å². The Kier molecular flexibility index (Phi) is 12.1. The van der Waals surface area contributed by atoms with E-state index in [1.165, 1.54) is 0 Å². The number of likely N-dealkylation sites (N-methyl/N-ethyl adjacent to an activating group) is 1. The molecule has 0 saturated carbocycles. The van der Waals surface area contributed by atoms with Gasteiger partial charge < -0.3 is 34.0 Å². The van der Waals surface area contributed by atoms with E-state index in [2.05, 4.69) is 11.0 Å². The van der Waals surface area contributed by atoms with E-state index in [0.29, 0.717) is 45.4 Å². The second-order valence-electron chi connectivity index (χ2n) is 13.1. The van der Waals surface area contributed by atoms with Gasteiger partial charge in [0.1, 0.15) is 17.8 Å². The van der Waals surface area contributed by atoms with Gasteiger partial charge in [0.2, 0.25) is 0 Å². The van der Waals surface area contributed by atoms with E-state index in [1.54, 1.807) is 9.80 Å². The summed E-state index contributed by atoms with van der Waals surface area (Å²) in [5, 5.41) is 10.6. The van der Waals surface area contributed by atoms with E-state index in [4.69, 9.17) is 14.2 Å². The van der Waals surface area contributed by atoms with Crippen molar-refractivity contribution in [2.75, 3.05) is 46.3 Å². The average Bonchev–Trinajstić information content (AvgIpc) is 2.91. The van der Waals surface area contributed by atoms with Crippen molar-refractivity contribution in [3.8, 4) is 0 Å². The maximum Gasteiger partial charge on any atom is 0.410 e. The fraction of sp³-hybridized carbons (Fsp3) is 0.719. The number of aliphatic hydroxyl groups excluding tert-OH is 1. The number of ether oxygens (including phenoxy) is 3. The number of rotatable bonds is 3. The van der Waals surface area contributed by atoms with Gasteiger partial charge in [0.05, 0.1) is 12.5 Å². The minimum atomic E-state index is -0.846. The molecular weight excluding hydrogens is 538 g/mol. The van der Waals surface area contributed by atoms with Crippen LogP contribution in [0.15, 0.2) is 35.5 Å². The van der Waals surface area contributed by atoms with Crippen LogP contribution in [-0.4, -0.2) is 108 Å². The summed E-state index contributed by atoms with van der Waals surface area (Å²) in [6, 6.07) is 0. The molecule has 0 aromatic rings. The molecule has 10 heteroatoms. The highest BCUT2D eigenvalue weighted by molar-refractivity contribution is 5.71. The van der Waals surface area contributed by atoms with Gasteiger partial charge in [-0.15, -0.1) is 0 Å². The van der Waals surface area contributed by atoms with Crippen molar-refractivity contribution in [1.29, 1.82) is 0 Å². The number of hydrogen-bond acceptors (Lipinski definition) is 8. The molecule has 5 unspecified atom stereocenters. The molecule has 1 N–H and O–H groups in total. The first-order valence-corrected chi connectivity index (χ1v) is 15.3. The van der Waals surface area contributed by atoms with Crippen LogP contribution in [0.1, 0.15) is 67.2 Å². The van der Waals surface area contributed by atoms with Crippen LogP contribution in [0.5, 0.6) is 0 Å². The van der Waals surface area contributed by atoms with Gasteiger partial charge in [-0.2, -0.15) is 0 Å². The molecule has 3 rings (SSSR count). The van der Waals surface area contributed by atoms with Crippen molar-refractivity contribution in [3.05, 3.63) is 35.5 Å². The Morgan fingerprint density at radius 2 is 1.71 bits per heavy atom. The maximum atomic E-state index is 13.0. The summed E-state index contributed by atoms with van der Waals surface area (Å²) in [5.74, 6) is -0.735. The van der Waals surface area contributed by atoms with Crippen molar-refractivity contribution in [2.24, 2.45) is 11.8 Å². The number of aliphatic hydroxyl groups is 1. The minimum absolute atomic E-state index is 0.0451. The van der Waals surface area contributed by atoms with E-state index < -0.39 is 29.9 Å². The molecule has 0 aliphatic carbocycles. The van der Waals surface area contributed by atoms with Gasteiger partial charge in [-0.25, -0.2) is 9.59 Å². The van der Waals surface area contributed by atoms with Gasteiger partial charge in [-0.1, -0.05) is 32.1 Å². The smallest absolute Gasteiger partial charge is 0.410 e. The molecule has 0 bridgehead atoms. The van der Waals surface area contributed by atoms with Gasteiger partial charge in [-0.05, 0) is 77.1 Å². The number of amides is 2. The molecular formula is C32H51N3O7. The lowest BCUT2D eigenvalue weighted by atomic mass is 9.91. The lowest BCUT2D eigenvalue weighted by Gasteiger charge is -2.33. The first kappa shape index (κ1) is 33.6. The number of esters is 1. The van der Waals surface area contributed by atoms with Crippen LogP contribution in [0.4, 0.5) is 9.59 Å². The largest absolute Gasteiger partial charge is 0.457 e. The second kappa shape index (κ2) is 15.0. The Morgan fingerprint density at radius 1 is 1.02 bits per heavy atom. The quantitative estimate of drug-likeness (QED) is 0.291. The fourth-order valence-corrected chi connectivity index (χ4v) is 5.36. The summed E-state index contributed by atoms with van der Waals surface area (Å²) >= 11 is 0. The van der Waals surface area contributed by atoms with Crippen LogP contribution < -0.4 is 0 Å². The molecule has 236 valence electrons. The lowest BCUT2D eigenvalue weighted by Crippen LogP contribution is -2.48. The highest BCUT2D eigenvalue weighted by Crippen LogP contribution is 2.26. The Labute approximate surface area is 251 Å². The van der Waals surface area contributed by atoms with Crippen molar-refractivity contribution < 1.29 is 33.7 Å². The zero-order valence-corrected chi connectivity index (χ0v) is 26.5. The highest BCUT2D eigenvalue weighted by Gasteiger charge is 2.30. The SMILES string of the molecule is C/C(=C\C1=CCCN(C(=O)OC(C)(C)C)C1)C1OC(=O)CC(O)CCC(C)C(OC(=O)N2CCN(C)CC2)C=CC1C. The topological polar surface area (TPSA) is 109 Å². The van der Waals surface area contributed by atoms with E-state index in [0.717, 1.165) is 24.2 Å². The predicted molar refractivity (Wildman–Crippen MR) is 161 cm³/mol. The fourth-order valence-electron chi connectivity index (χ4n) is 5.36. The maximum absolute atomic E-state index is 13.0. The Hall–Kier alpha value is -2.85. The van der Waals surface area contributed by atoms with E-state index in [1.807, 2.05) is 66.8 Å². The Balaban J connectivity index is 1.78. The number of carbonyl (C=O) groups excluding carboxylic acids is 3. The Morgan fingerprint density at radius 3 is 2.38 bits per heavy atom. The van der Waals surface area contributed by atoms with E-state index >= 15 is 0 Å². The Bertz CT molecular complexity index is 1040. The van der Waals surface area contributed by atoms with Crippen LogP contribution in [-0.2, 0) is 19.0 Å². The van der Waals surface area contributed by atoms with E-state index in [-0.39, 0.29) is 30.4 Å². The molecule has 2 amide bonds. The summed E-state index contributed by atoms with van der Waals surface area (Å²) in [4.78, 5) is 44.1. The summed E-state index contributed by atoms with van der Waals surface area (Å²) in [6.07, 6.45) is 6.89. The molecule has 10 nitrogen and oxygen atoms in total. The first-order valence-electron chi connectivity index (χ1n) is 15.3. The summed E-state index contributed by atoms with van der Waals surface area (Å²) in [6.45, 7) is 15.2. The van der Waals surface area contributed by atoms with Gasteiger partial charge in [-0.3, -0.25) is 4.79 Å². The standard InChI is InChI=1S/C32H51N3O7/c1-22-10-12-26(36)20-28(37)41-29(23(2)11-13-27(22)40-30(38)34-17-15-33(7)16-18-34)24(3)19-25-9-8-14-35(21-25)31(39)42-32(4,5)6/h9,11,13,19,22-23,26-27,29,36H,8,10,12,14-18,20-21H2,1-7H3/b13-11?,24-19+. The molecule has 5 atom stereocenters. The molecule has 0 aromatic carbocycles. The minimum Gasteiger partial charge on any atom is -0.457 e. The molecule has 3 aliphatic rings. The molecule has 1 saturated heterocycles. The van der Waals surface area contributed by atoms with E-state index in [9.17, 15) is 19.5 Å². The second-order valence-corrected chi connectivity index (χ2v) is 13.1. The third-order valence-corrected chi connectivity index (χ3v) is 7.95. The van der Waals surface area contributed by atoms with Crippen LogP contribution in [0, 0.1) is 11.8 Å². The lowest BCUT2D eigenvalue weighted by molar-refractivity contribution is -0.151. The molecule has 0 aromatic heterocycles. The predicted octanol–water partition coefficient (Wildman–Crippen LogP) is 4.54.